The van der Waals surface area contributed by atoms with Crippen LogP contribution in [0.15, 0.2) is 12.4 Å². The van der Waals surface area contributed by atoms with Crippen molar-refractivity contribution in [2.24, 2.45) is 7.05 Å². The highest BCUT2D eigenvalue weighted by molar-refractivity contribution is 5.66. The van der Waals surface area contributed by atoms with Crippen LogP contribution in [-0.2, 0) is 19.4 Å². The quantitative estimate of drug-likeness (QED) is 0.855. The lowest BCUT2D eigenvalue weighted by molar-refractivity contribution is -0.00595. The van der Waals surface area contributed by atoms with Crippen LogP contribution in [0.1, 0.15) is 31.0 Å². The van der Waals surface area contributed by atoms with Gasteiger partial charge in [-0.2, -0.15) is 13.9 Å². The Balaban J connectivity index is 1.90. The molecule has 5 nitrogen and oxygen atoms in total. The van der Waals surface area contributed by atoms with Crippen molar-refractivity contribution in [1.29, 1.82) is 0 Å². The number of nitrogens with zero attached hydrogens (tertiary/aromatic N) is 5. The average molecular weight is 305 g/mol. The van der Waals surface area contributed by atoms with Gasteiger partial charge in [0.2, 0.25) is 5.95 Å². The molecular weight excluding hydrogens is 288 g/mol. The van der Waals surface area contributed by atoms with Crippen molar-refractivity contribution < 1.29 is 8.78 Å². The summed E-state index contributed by atoms with van der Waals surface area (Å²) in [6.07, 6.45) is 4.63. The molecule has 2 aromatic heterocycles. The second kappa shape index (κ2) is 4.47. The van der Waals surface area contributed by atoms with Gasteiger partial charge in [0.1, 0.15) is 5.69 Å². The molecule has 0 radical (unpaired) electrons. The normalized spacial score (nSPS) is 22.5. The molecule has 1 fully saturated rings. The molecule has 1 saturated heterocycles. The maximum atomic E-state index is 14.2. The van der Waals surface area contributed by atoms with E-state index in [1.165, 1.54) is 0 Å². The van der Waals surface area contributed by atoms with Crippen molar-refractivity contribution in [2.75, 3.05) is 11.4 Å². The van der Waals surface area contributed by atoms with E-state index in [1.807, 2.05) is 11.1 Å². The molecule has 4 rings (SSSR count). The lowest BCUT2D eigenvalue weighted by atomic mass is 10.1. The number of rotatable bonds is 2. The summed E-state index contributed by atoms with van der Waals surface area (Å²) < 4.78 is 30.0. The summed E-state index contributed by atoms with van der Waals surface area (Å²) in [5.74, 6) is -2.45. The SMILES string of the molecule is CC1CCN1c1nc(-c2cnn(C)c2)c2c(n1)C(F)(F)CC2. The first-order valence-corrected chi connectivity index (χ1v) is 7.50. The topological polar surface area (TPSA) is 46.8 Å². The van der Waals surface area contributed by atoms with Gasteiger partial charge in [-0.1, -0.05) is 0 Å². The number of aromatic nitrogens is 4. The minimum atomic E-state index is -2.86. The summed E-state index contributed by atoms with van der Waals surface area (Å²) in [5.41, 5.74) is 1.84. The molecule has 0 N–H and O–H groups in total. The van der Waals surface area contributed by atoms with Crippen LogP contribution in [0.5, 0.6) is 0 Å². The monoisotopic (exact) mass is 305 g/mol. The standard InChI is InChI=1S/C15H17F2N5/c1-9-4-6-22(9)14-19-12(10-7-18-21(2)8-10)11-3-5-15(16,17)13(11)20-14/h7-9H,3-6H2,1-2H3. The van der Waals surface area contributed by atoms with E-state index >= 15 is 0 Å². The fourth-order valence-corrected chi connectivity index (χ4v) is 3.14. The third-order valence-electron chi connectivity index (χ3n) is 4.59. The smallest absolute Gasteiger partial charge is 0.290 e. The summed E-state index contributed by atoms with van der Waals surface area (Å²) in [7, 11) is 1.80. The second-order valence-electron chi connectivity index (χ2n) is 6.14. The molecule has 0 bridgehead atoms. The summed E-state index contributed by atoms with van der Waals surface area (Å²) in [6.45, 7) is 2.87. The number of hydrogen-bond acceptors (Lipinski definition) is 4. The molecule has 22 heavy (non-hydrogen) atoms. The molecular formula is C15H17F2N5. The van der Waals surface area contributed by atoms with Crippen LogP contribution in [0, 0.1) is 0 Å². The average Bonchev–Trinajstić information content (AvgIpc) is 3.01. The largest absolute Gasteiger partial charge is 0.338 e. The van der Waals surface area contributed by atoms with E-state index in [0.29, 0.717) is 29.7 Å². The van der Waals surface area contributed by atoms with Gasteiger partial charge in [0.25, 0.3) is 5.92 Å². The van der Waals surface area contributed by atoms with Crippen molar-refractivity contribution >= 4 is 5.95 Å². The van der Waals surface area contributed by atoms with Gasteiger partial charge in [0, 0.05) is 43.4 Å². The number of halogens is 2. The number of fused-ring (bicyclic) bond motifs is 1. The van der Waals surface area contributed by atoms with Crippen LogP contribution in [0.3, 0.4) is 0 Å². The first kappa shape index (κ1) is 13.6. The Morgan fingerprint density at radius 1 is 1.32 bits per heavy atom. The van der Waals surface area contributed by atoms with Gasteiger partial charge in [-0.05, 0) is 19.8 Å². The molecule has 1 aliphatic heterocycles. The first-order valence-electron chi connectivity index (χ1n) is 7.50. The van der Waals surface area contributed by atoms with Crippen LogP contribution in [-0.4, -0.2) is 32.3 Å². The third-order valence-corrected chi connectivity index (χ3v) is 4.59. The predicted molar refractivity (Wildman–Crippen MR) is 77.9 cm³/mol. The highest BCUT2D eigenvalue weighted by atomic mass is 19.3. The zero-order valence-corrected chi connectivity index (χ0v) is 12.6. The Morgan fingerprint density at radius 3 is 2.73 bits per heavy atom. The molecule has 0 saturated carbocycles. The summed E-state index contributed by atoms with van der Waals surface area (Å²) in [4.78, 5) is 10.8. The van der Waals surface area contributed by atoms with Gasteiger partial charge in [-0.3, -0.25) is 4.68 Å². The van der Waals surface area contributed by atoms with E-state index in [-0.39, 0.29) is 12.1 Å². The van der Waals surface area contributed by atoms with E-state index in [2.05, 4.69) is 22.0 Å². The van der Waals surface area contributed by atoms with Gasteiger partial charge in [-0.15, -0.1) is 0 Å². The van der Waals surface area contributed by atoms with Gasteiger partial charge in [0.15, 0.2) is 0 Å². The van der Waals surface area contributed by atoms with Crippen LogP contribution < -0.4 is 4.90 Å². The molecule has 0 aromatic carbocycles. The van der Waals surface area contributed by atoms with E-state index in [1.54, 1.807) is 17.9 Å². The fourth-order valence-electron chi connectivity index (χ4n) is 3.14. The van der Waals surface area contributed by atoms with Crippen LogP contribution in [0.2, 0.25) is 0 Å². The van der Waals surface area contributed by atoms with Gasteiger partial charge in [0.05, 0.1) is 11.9 Å². The minimum absolute atomic E-state index is 0.101. The summed E-state index contributed by atoms with van der Waals surface area (Å²) in [5, 5.41) is 4.13. The molecule has 1 atom stereocenters. The van der Waals surface area contributed by atoms with Gasteiger partial charge in [-0.25, -0.2) is 9.97 Å². The Kier molecular flexibility index (Phi) is 2.76. The third kappa shape index (κ3) is 1.91. The molecule has 0 amide bonds. The van der Waals surface area contributed by atoms with Crippen molar-refractivity contribution in [1.82, 2.24) is 19.7 Å². The molecule has 2 aromatic rings. The fraction of sp³-hybridized carbons (Fsp3) is 0.533. The van der Waals surface area contributed by atoms with Crippen molar-refractivity contribution in [3.63, 3.8) is 0 Å². The maximum absolute atomic E-state index is 14.2. The van der Waals surface area contributed by atoms with E-state index < -0.39 is 5.92 Å². The van der Waals surface area contributed by atoms with E-state index in [0.717, 1.165) is 18.5 Å². The van der Waals surface area contributed by atoms with Crippen LogP contribution >= 0.6 is 0 Å². The number of aryl methyl sites for hydroxylation is 1. The second-order valence-corrected chi connectivity index (χ2v) is 6.14. The molecule has 0 spiro atoms. The predicted octanol–water partition coefficient (Wildman–Crippen LogP) is 2.51. The van der Waals surface area contributed by atoms with Gasteiger partial charge >= 0.3 is 0 Å². The van der Waals surface area contributed by atoms with Crippen LogP contribution in [0.4, 0.5) is 14.7 Å². The minimum Gasteiger partial charge on any atom is -0.338 e. The molecule has 116 valence electrons. The Labute approximate surface area is 127 Å². The molecule has 1 aliphatic carbocycles. The Morgan fingerprint density at radius 2 is 2.14 bits per heavy atom. The zero-order chi connectivity index (χ0) is 15.5. The number of hydrogen-bond donors (Lipinski definition) is 0. The number of alkyl halides is 2. The van der Waals surface area contributed by atoms with Crippen LogP contribution in [0.25, 0.3) is 11.3 Å². The maximum Gasteiger partial charge on any atom is 0.290 e. The van der Waals surface area contributed by atoms with Crippen molar-refractivity contribution in [3.8, 4) is 11.3 Å². The molecule has 1 unspecified atom stereocenters. The van der Waals surface area contributed by atoms with Gasteiger partial charge < -0.3 is 4.90 Å². The van der Waals surface area contributed by atoms with Crippen molar-refractivity contribution in [3.05, 3.63) is 23.7 Å². The Bertz CT molecular complexity index is 740. The highest BCUT2D eigenvalue weighted by Gasteiger charge is 2.44. The highest BCUT2D eigenvalue weighted by Crippen LogP contribution is 2.44. The van der Waals surface area contributed by atoms with Crippen molar-refractivity contribution in [2.45, 2.75) is 38.2 Å². The zero-order valence-electron chi connectivity index (χ0n) is 12.6. The van der Waals surface area contributed by atoms with E-state index in [9.17, 15) is 8.78 Å². The number of anilines is 1. The molecule has 7 heteroatoms. The molecule has 2 aliphatic rings. The summed E-state index contributed by atoms with van der Waals surface area (Å²) >= 11 is 0. The first-order chi connectivity index (χ1) is 10.5. The Hall–Kier alpha value is -2.05. The summed E-state index contributed by atoms with van der Waals surface area (Å²) in [6, 6.07) is 0.301. The lowest BCUT2D eigenvalue weighted by Crippen LogP contribution is -2.47. The molecule has 3 heterocycles. The lowest BCUT2D eigenvalue weighted by Gasteiger charge is -2.39. The van der Waals surface area contributed by atoms with E-state index in [4.69, 9.17) is 0 Å².